The molecular weight excluding hydrogens is 360 g/mol. The monoisotopic (exact) mass is 378 g/mol. The van der Waals surface area contributed by atoms with Crippen molar-refractivity contribution < 1.29 is 9.90 Å². The van der Waals surface area contributed by atoms with Gasteiger partial charge in [0.05, 0.1) is 17.0 Å². The summed E-state index contributed by atoms with van der Waals surface area (Å²) in [7, 11) is 0. The normalized spacial score (nSPS) is 12.6. The topological polar surface area (TPSA) is 62.0 Å². The van der Waals surface area contributed by atoms with Gasteiger partial charge in [0.15, 0.2) is 0 Å². The molecule has 0 saturated heterocycles. The van der Waals surface area contributed by atoms with E-state index < -0.39 is 5.97 Å². The molecule has 1 heterocycles. The maximum atomic E-state index is 11.0. The summed E-state index contributed by atoms with van der Waals surface area (Å²) in [5, 5.41) is 17.6. The Labute approximate surface area is 169 Å². The fraction of sp³-hybridized carbons (Fsp3) is 0.0800. The first-order valence-corrected chi connectivity index (χ1v) is 9.29. The van der Waals surface area contributed by atoms with Crippen LogP contribution >= 0.6 is 0 Å². The minimum absolute atomic E-state index is 0.260. The summed E-state index contributed by atoms with van der Waals surface area (Å²) in [5.41, 5.74) is 6.00. The number of carboxylic acids is 1. The predicted octanol–water partition coefficient (Wildman–Crippen LogP) is 4.58. The molecule has 3 aromatic rings. The Morgan fingerprint density at radius 3 is 2.31 bits per heavy atom. The van der Waals surface area contributed by atoms with E-state index in [1.807, 2.05) is 42.5 Å². The average Bonchev–Trinajstić information content (AvgIpc) is 3.25. The fourth-order valence-electron chi connectivity index (χ4n) is 3.10. The Morgan fingerprint density at radius 1 is 0.862 bits per heavy atom. The molecule has 0 amide bonds. The van der Waals surface area contributed by atoms with Gasteiger partial charge in [-0.05, 0) is 41.0 Å². The Hall–Kier alpha value is -3.97. The lowest BCUT2D eigenvalue weighted by molar-refractivity contribution is 0.0697. The van der Waals surface area contributed by atoms with E-state index in [0.717, 1.165) is 28.1 Å². The maximum Gasteiger partial charge on any atom is 0.335 e. The van der Waals surface area contributed by atoms with Crippen LogP contribution in [0, 0.1) is 11.8 Å². The molecule has 0 radical (unpaired) electrons. The van der Waals surface area contributed by atoms with Gasteiger partial charge >= 0.3 is 5.97 Å². The van der Waals surface area contributed by atoms with Gasteiger partial charge in [0.1, 0.15) is 0 Å². The second-order valence-corrected chi connectivity index (χ2v) is 6.70. The van der Waals surface area contributed by atoms with Crippen molar-refractivity contribution in [3.8, 4) is 11.8 Å². The number of carbonyl (C=O) groups is 1. The molecule has 1 aliphatic rings. The van der Waals surface area contributed by atoms with Crippen LogP contribution in [0.15, 0.2) is 89.1 Å². The molecule has 4 nitrogen and oxygen atoms in total. The number of carboxylic acid groups (broad SMARTS) is 1. The van der Waals surface area contributed by atoms with Crippen molar-refractivity contribution in [1.82, 2.24) is 0 Å². The lowest BCUT2D eigenvalue weighted by Gasteiger charge is -2.03. The molecule has 0 aliphatic carbocycles. The Kier molecular flexibility index (Phi) is 5.31. The molecule has 29 heavy (non-hydrogen) atoms. The fourth-order valence-corrected chi connectivity index (χ4v) is 3.10. The van der Waals surface area contributed by atoms with E-state index in [-0.39, 0.29) is 5.56 Å². The molecule has 140 valence electrons. The Morgan fingerprint density at radius 2 is 1.59 bits per heavy atom. The Balaban J connectivity index is 1.44. The highest BCUT2D eigenvalue weighted by atomic mass is 16.4. The highest BCUT2D eigenvalue weighted by Crippen LogP contribution is 2.18. The van der Waals surface area contributed by atoms with Crippen molar-refractivity contribution in [2.45, 2.75) is 12.8 Å². The maximum absolute atomic E-state index is 11.0. The first-order chi connectivity index (χ1) is 14.2. The van der Waals surface area contributed by atoms with E-state index in [2.05, 4.69) is 34.2 Å². The number of hydrogen-bond acceptors (Lipinski definition) is 3. The molecule has 0 aromatic heterocycles. The third-order valence-corrected chi connectivity index (χ3v) is 4.66. The van der Waals surface area contributed by atoms with E-state index in [9.17, 15) is 4.79 Å². The minimum atomic E-state index is -0.938. The molecule has 0 spiro atoms. The van der Waals surface area contributed by atoms with Gasteiger partial charge < -0.3 is 5.11 Å². The summed E-state index contributed by atoms with van der Waals surface area (Å²) >= 11 is 0. The standard InChI is InChI=1S/C25H18N2O2/c28-25(29)21-14-12-20(13-15-21)23-17-24(27-26-23)22-11-5-10-19(16-22)9-4-8-18-6-2-1-3-7-18/h1-3,5-7,10-16H,8,17H2,(H,28,29). The number of rotatable bonds is 4. The smallest absolute Gasteiger partial charge is 0.335 e. The summed E-state index contributed by atoms with van der Waals surface area (Å²) in [6.45, 7) is 0. The van der Waals surface area contributed by atoms with Crippen LogP contribution in [0.1, 0.15) is 39.0 Å². The van der Waals surface area contributed by atoms with Crippen molar-refractivity contribution >= 4 is 17.4 Å². The highest BCUT2D eigenvalue weighted by molar-refractivity contribution is 6.20. The van der Waals surface area contributed by atoms with Gasteiger partial charge in [0.2, 0.25) is 0 Å². The third kappa shape index (κ3) is 4.48. The zero-order chi connectivity index (χ0) is 20.1. The van der Waals surface area contributed by atoms with Gasteiger partial charge in [-0.2, -0.15) is 10.2 Å². The zero-order valence-corrected chi connectivity index (χ0v) is 15.7. The zero-order valence-electron chi connectivity index (χ0n) is 15.7. The van der Waals surface area contributed by atoms with Crippen LogP contribution in [0.3, 0.4) is 0 Å². The van der Waals surface area contributed by atoms with E-state index in [1.54, 1.807) is 24.3 Å². The second-order valence-electron chi connectivity index (χ2n) is 6.70. The van der Waals surface area contributed by atoms with Crippen LogP contribution in [-0.4, -0.2) is 22.5 Å². The van der Waals surface area contributed by atoms with Crippen molar-refractivity contribution in [2.24, 2.45) is 10.2 Å². The van der Waals surface area contributed by atoms with Gasteiger partial charge in [-0.3, -0.25) is 0 Å². The lowest BCUT2D eigenvalue weighted by atomic mass is 9.99. The van der Waals surface area contributed by atoms with Crippen LogP contribution in [0.4, 0.5) is 0 Å². The molecule has 0 bridgehead atoms. The van der Waals surface area contributed by atoms with Crippen LogP contribution in [0.25, 0.3) is 0 Å². The number of aromatic carboxylic acids is 1. The van der Waals surface area contributed by atoms with Gasteiger partial charge in [0.25, 0.3) is 0 Å². The second kappa shape index (κ2) is 8.37. The first-order valence-electron chi connectivity index (χ1n) is 9.29. The molecule has 1 aliphatic heterocycles. The summed E-state index contributed by atoms with van der Waals surface area (Å²) in [5.74, 6) is 5.50. The summed E-state index contributed by atoms with van der Waals surface area (Å²) in [6.07, 6.45) is 1.32. The lowest BCUT2D eigenvalue weighted by Crippen LogP contribution is -2.06. The molecule has 4 rings (SSSR count). The molecular formula is C25H18N2O2. The average molecular weight is 378 g/mol. The van der Waals surface area contributed by atoms with Crippen molar-refractivity contribution in [3.05, 3.63) is 107 Å². The quantitative estimate of drug-likeness (QED) is 0.676. The summed E-state index contributed by atoms with van der Waals surface area (Å²) in [4.78, 5) is 11.0. The number of nitrogens with zero attached hydrogens (tertiary/aromatic N) is 2. The van der Waals surface area contributed by atoms with E-state index in [0.29, 0.717) is 12.8 Å². The number of hydrogen-bond donors (Lipinski definition) is 1. The summed E-state index contributed by atoms with van der Waals surface area (Å²) < 4.78 is 0. The van der Waals surface area contributed by atoms with Gasteiger partial charge in [0, 0.05) is 18.4 Å². The molecule has 0 atom stereocenters. The largest absolute Gasteiger partial charge is 0.478 e. The molecule has 0 unspecified atom stereocenters. The van der Waals surface area contributed by atoms with E-state index in [4.69, 9.17) is 5.11 Å². The van der Waals surface area contributed by atoms with Crippen molar-refractivity contribution in [2.75, 3.05) is 0 Å². The number of benzene rings is 3. The molecule has 0 fully saturated rings. The van der Waals surface area contributed by atoms with Crippen LogP contribution in [0.5, 0.6) is 0 Å². The van der Waals surface area contributed by atoms with Gasteiger partial charge in [-0.15, -0.1) is 0 Å². The highest BCUT2D eigenvalue weighted by Gasteiger charge is 2.16. The van der Waals surface area contributed by atoms with Crippen molar-refractivity contribution in [1.29, 1.82) is 0 Å². The molecule has 3 aromatic carbocycles. The van der Waals surface area contributed by atoms with Crippen LogP contribution in [0.2, 0.25) is 0 Å². The molecule has 0 saturated carbocycles. The predicted molar refractivity (Wildman–Crippen MR) is 115 cm³/mol. The first kappa shape index (κ1) is 18.4. The van der Waals surface area contributed by atoms with Crippen LogP contribution in [-0.2, 0) is 6.42 Å². The van der Waals surface area contributed by atoms with Gasteiger partial charge in [-0.25, -0.2) is 4.79 Å². The van der Waals surface area contributed by atoms with Crippen LogP contribution < -0.4 is 0 Å². The third-order valence-electron chi connectivity index (χ3n) is 4.66. The van der Waals surface area contributed by atoms with Crippen molar-refractivity contribution in [3.63, 3.8) is 0 Å². The molecule has 4 heteroatoms. The SMILES string of the molecule is O=C(O)c1ccc(C2=NN=C(c3cccc(C#CCc4ccccc4)c3)C2)cc1. The van der Waals surface area contributed by atoms with E-state index in [1.165, 1.54) is 5.56 Å². The minimum Gasteiger partial charge on any atom is -0.478 e. The molecule has 1 N–H and O–H groups in total. The summed E-state index contributed by atoms with van der Waals surface area (Å²) in [6, 6.07) is 24.9. The van der Waals surface area contributed by atoms with Gasteiger partial charge in [-0.1, -0.05) is 66.4 Å². The Bertz CT molecular complexity index is 1160. The van der Waals surface area contributed by atoms with E-state index >= 15 is 0 Å².